The molecule has 122 valence electrons. The summed E-state index contributed by atoms with van der Waals surface area (Å²) in [6.45, 7) is 0. The lowest BCUT2D eigenvalue weighted by molar-refractivity contribution is -0.388. The van der Waals surface area contributed by atoms with Crippen LogP contribution in [-0.4, -0.2) is 34.8 Å². The number of aliphatic carboxylic acids is 1. The number of carbonyl (C=O) groups is 1. The number of sulfone groups is 1. The van der Waals surface area contributed by atoms with Gasteiger partial charge in [0.2, 0.25) is 0 Å². The SMILES string of the molecule is O=C([O-])CS(=O)(=O)c1ccc([S@](=O)C(F)(F)F)cc1[N+](=O)[O-]. The number of carbonyl (C=O) groups excluding carboxylic acids is 1. The third-order valence-electron chi connectivity index (χ3n) is 2.19. The molecule has 0 unspecified atom stereocenters. The lowest BCUT2D eigenvalue weighted by Gasteiger charge is -2.09. The molecule has 1 aromatic rings. The van der Waals surface area contributed by atoms with Crippen LogP contribution < -0.4 is 5.11 Å². The van der Waals surface area contributed by atoms with Crippen molar-refractivity contribution in [2.45, 2.75) is 15.3 Å². The molecule has 13 heteroatoms. The van der Waals surface area contributed by atoms with Crippen LogP contribution in [-0.2, 0) is 25.4 Å². The lowest BCUT2D eigenvalue weighted by atomic mass is 10.3. The standard InChI is InChI=1S/C9H6F3NO7S2/c10-9(11,12)21(18)5-1-2-7(6(3-5)13(16)17)22(19,20)4-8(14)15/h1-3H,4H2,(H,14,15)/p-1/t21-/m0/s1. The number of carboxylic acid groups (broad SMARTS) is 1. The first kappa shape index (κ1) is 18.0. The smallest absolute Gasteiger partial charge is 0.475 e. The highest BCUT2D eigenvalue weighted by molar-refractivity contribution is 7.92. The number of rotatable bonds is 5. The predicted octanol–water partition coefficient (Wildman–Crippen LogP) is -0.254. The Morgan fingerprint density at radius 2 is 1.86 bits per heavy atom. The summed E-state index contributed by atoms with van der Waals surface area (Å²) < 4.78 is 71.2. The van der Waals surface area contributed by atoms with E-state index in [-0.39, 0.29) is 6.07 Å². The molecule has 0 aliphatic rings. The highest BCUT2D eigenvalue weighted by Crippen LogP contribution is 2.32. The first-order chi connectivity index (χ1) is 9.86. The maximum Gasteiger partial charge on any atom is 0.475 e. The number of hydrogen-bond donors (Lipinski definition) is 0. The number of nitro benzene ring substituents is 1. The third-order valence-corrected chi connectivity index (χ3v) is 4.93. The quantitative estimate of drug-likeness (QED) is 0.522. The van der Waals surface area contributed by atoms with Gasteiger partial charge < -0.3 is 9.90 Å². The van der Waals surface area contributed by atoms with Crippen LogP contribution >= 0.6 is 0 Å². The Balaban J connectivity index is 3.49. The van der Waals surface area contributed by atoms with E-state index < -0.39 is 58.3 Å². The number of carboxylic acids is 1. The molecule has 1 rings (SSSR count). The van der Waals surface area contributed by atoms with Crippen LogP contribution in [0.2, 0.25) is 0 Å². The summed E-state index contributed by atoms with van der Waals surface area (Å²) in [6, 6.07) is 1.03. The number of hydrogen-bond acceptors (Lipinski definition) is 7. The highest BCUT2D eigenvalue weighted by Gasteiger charge is 2.39. The third kappa shape index (κ3) is 4.00. The van der Waals surface area contributed by atoms with Gasteiger partial charge >= 0.3 is 5.51 Å². The van der Waals surface area contributed by atoms with Gasteiger partial charge in [0.1, 0.15) is 4.90 Å². The molecule has 0 aliphatic carbocycles. The number of nitro groups is 1. The van der Waals surface area contributed by atoms with Gasteiger partial charge in [0, 0.05) is 6.07 Å². The van der Waals surface area contributed by atoms with Gasteiger partial charge in [-0.2, -0.15) is 13.2 Å². The fourth-order valence-electron chi connectivity index (χ4n) is 1.38. The van der Waals surface area contributed by atoms with Gasteiger partial charge in [-0.1, -0.05) is 0 Å². The molecule has 0 saturated heterocycles. The second-order valence-electron chi connectivity index (χ2n) is 3.73. The first-order valence-electron chi connectivity index (χ1n) is 5.06. The Bertz CT molecular complexity index is 757. The van der Waals surface area contributed by atoms with Gasteiger partial charge in [-0.3, -0.25) is 10.1 Å². The molecule has 1 atom stereocenters. The van der Waals surface area contributed by atoms with Gasteiger partial charge in [-0.25, -0.2) is 12.6 Å². The van der Waals surface area contributed by atoms with E-state index in [0.717, 1.165) is 0 Å². The molecular formula is C9H5F3NO7S2-. The van der Waals surface area contributed by atoms with E-state index in [4.69, 9.17) is 0 Å². The molecule has 0 N–H and O–H groups in total. The van der Waals surface area contributed by atoms with Gasteiger partial charge in [0.05, 0.1) is 21.5 Å². The van der Waals surface area contributed by atoms with E-state index in [2.05, 4.69) is 0 Å². The molecule has 0 bridgehead atoms. The number of alkyl halides is 3. The van der Waals surface area contributed by atoms with Crippen LogP contribution in [0.5, 0.6) is 0 Å². The van der Waals surface area contributed by atoms with Crippen molar-refractivity contribution in [3.05, 3.63) is 28.3 Å². The summed E-state index contributed by atoms with van der Waals surface area (Å²) in [6.07, 6.45) is 0. The average Bonchev–Trinajstić information content (AvgIpc) is 2.34. The lowest BCUT2D eigenvalue weighted by Crippen LogP contribution is -2.31. The maximum atomic E-state index is 12.3. The molecule has 1 aromatic carbocycles. The van der Waals surface area contributed by atoms with Crippen LogP contribution in [0.4, 0.5) is 18.9 Å². The fraction of sp³-hybridized carbons (Fsp3) is 0.222. The minimum Gasteiger partial charge on any atom is -0.549 e. The Kier molecular flexibility index (Phi) is 4.92. The van der Waals surface area contributed by atoms with Crippen LogP contribution in [0.3, 0.4) is 0 Å². The van der Waals surface area contributed by atoms with E-state index in [1.165, 1.54) is 0 Å². The van der Waals surface area contributed by atoms with Crippen LogP contribution in [0.25, 0.3) is 0 Å². The van der Waals surface area contributed by atoms with Gasteiger partial charge in [-0.15, -0.1) is 0 Å². The summed E-state index contributed by atoms with van der Waals surface area (Å²) in [5.74, 6) is -3.63. The minimum absolute atomic E-state index is 0.172. The summed E-state index contributed by atoms with van der Waals surface area (Å²) in [5.41, 5.74) is -6.50. The van der Waals surface area contributed by atoms with Crippen molar-refractivity contribution < 1.29 is 40.6 Å². The number of nitrogens with zero attached hydrogens (tertiary/aromatic N) is 1. The van der Waals surface area contributed by atoms with Crippen molar-refractivity contribution in [3.63, 3.8) is 0 Å². The summed E-state index contributed by atoms with van der Waals surface area (Å²) in [7, 11) is -8.30. The molecule has 0 fully saturated rings. The normalized spacial score (nSPS) is 13.6. The van der Waals surface area contributed by atoms with Crippen LogP contribution in [0, 0.1) is 10.1 Å². The topological polar surface area (TPSA) is 134 Å². The Morgan fingerprint density at radius 3 is 2.27 bits per heavy atom. The van der Waals surface area contributed by atoms with Crippen molar-refractivity contribution in [1.82, 2.24) is 0 Å². The summed E-state index contributed by atoms with van der Waals surface area (Å²) in [5, 5.41) is 21.1. The summed E-state index contributed by atoms with van der Waals surface area (Å²) in [4.78, 5) is 17.6. The van der Waals surface area contributed by atoms with Crippen molar-refractivity contribution in [3.8, 4) is 0 Å². The molecule has 8 nitrogen and oxygen atoms in total. The first-order valence-corrected chi connectivity index (χ1v) is 7.86. The summed E-state index contributed by atoms with van der Waals surface area (Å²) >= 11 is 0. The van der Waals surface area contributed by atoms with Crippen molar-refractivity contribution >= 4 is 32.3 Å². The molecule has 22 heavy (non-hydrogen) atoms. The number of benzene rings is 1. The maximum absolute atomic E-state index is 12.3. The Labute approximate surface area is 123 Å². The van der Waals surface area contributed by atoms with E-state index in [1.54, 1.807) is 0 Å². The highest BCUT2D eigenvalue weighted by atomic mass is 32.2. The zero-order valence-electron chi connectivity index (χ0n) is 10.2. The van der Waals surface area contributed by atoms with Crippen molar-refractivity contribution in [1.29, 1.82) is 0 Å². The van der Waals surface area contributed by atoms with Gasteiger partial charge in [-0.05, 0) is 12.1 Å². The monoisotopic (exact) mass is 360 g/mol. The molecule has 0 amide bonds. The van der Waals surface area contributed by atoms with E-state index >= 15 is 0 Å². The second kappa shape index (κ2) is 6.00. The molecule has 0 heterocycles. The zero-order valence-corrected chi connectivity index (χ0v) is 11.8. The molecular weight excluding hydrogens is 355 g/mol. The van der Waals surface area contributed by atoms with E-state index in [0.29, 0.717) is 12.1 Å². The number of halogens is 3. The van der Waals surface area contributed by atoms with Crippen LogP contribution in [0.1, 0.15) is 0 Å². The molecule has 0 aromatic heterocycles. The minimum atomic E-state index is -5.20. The second-order valence-corrected chi connectivity index (χ2v) is 7.16. The largest absolute Gasteiger partial charge is 0.549 e. The molecule has 0 radical (unpaired) electrons. The Morgan fingerprint density at radius 1 is 1.32 bits per heavy atom. The average molecular weight is 360 g/mol. The molecule has 0 saturated carbocycles. The van der Waals surface area contributed by atoms with E-state index in [9.17, 15) is 45.8 Å². The zero-order chi connectivity index (χ0) is 17.3. The van der Waals surface area contributed by atoms with Crippen molar-refractivity contribution in [2.75, 3.05) is 5.75 Å². The Hall–Kier alpha value is -2.02. The van der Waals surface area contributed by atoms with E-state index in [1.807, 2.05) is 0 Å². The van der Waals surface area contributed by atoms with Gasteiger partial charge in [0.25, 0.3) is 5.69 Å². The molecule has 0 aliphatic heterocycles. The van der Waals surface area contributed by atoms with Crippen molar-refractivity contribution in [2.24, 2.45) is 0 Å². The van der Waals surface area contributed by atoms with Crippen LogP contribution in [0.15, 0.2) is 28.0 Å². The van der Waals surface area contributed by atoms with Gasteiger partial charge in [0.15, 0.2) is 20.6 Å². The molecule has 0 spiro atoms. The predicted molar refractivity (Wildman–Crippen MR) is 62.6 cm³/mol. The fourth-order valence-corrected chi connectivity index (χ4v) is 3.26.